The molecule has 3 nitrogen and oxygen atoms in total. The quantitative estimate of drug-likeness (QED) is 0.827. The molecule has 2 atom stereocenters. The lowest BCUT2D eigenvalue weighted by Crippen LogP contribution is -2.30. The molecule has 1 saturated heterocycles. The zero-order valence-corrected chi connectivity index (χ0v) is 10.2. The van der Waals surface area contributed by atoms with Crippen molar-refractivity contribution in [2.45, 2.75) is 32.0 Å². The molecule has 17 heavy (non-hydrogen) atoms. The number of nitrogens with zero attached hydrogens (tertiary/aromatic N) is 1. The molecule has 1 aromatic rings. The van der Waals surface area contributed by atoms with Crippen LogP contribution in [0.15, 0.2) is 18.2 Å². The number of aliphatic hydroxyl groups excluding tert-OH is 1. The minimum Gasteiger partial charge on any atom is -0.389 e. The van der Waals surface area contributed by atoms with Crippen LogP contribution in [0, 0.1) is 5.82 Å². The maximum Gasteiger partial charge on any atom is 0.146 e. The van der Waals surface area contributed by atoms with Crippen molar-refractivity contribution in [3.8, 4) is 0 Å². The van der Waals surface area contributed by atoms with Gasteiger partial charge in [-0.1, -0.05) is 6.07 Å². The molecule has 4 heteroatoms. The van der Waals surface area contributed by atoms with Gasteiger partial charge in [-0.25, -0.2) is 4.39 Å². The van der Waals surface area contributed by atoms with E-state index in [1.807, 2.05) is 4.90 Å². The first-order chi connectivity index (χ1) is 7.89. The lowest BCUT2D eigenvalue weighted by Gasteiger charge is -2.21. The van der Waals surface area contributed by atoms with Gasteiger partial charge in [-0.2, -0.15) is 0 Å². The highest BCUT2D eigenvalue weighted by Crippen LogP contribution is 2.29. The third kappa shape index (κ3) is 2.58. The van der Waals surface area contributed by atoms with E-state index in [1.54, 1.807) is 26.0 Å². The van der Waals surface area contributed by atoms with E-state index < -0.39 is 11.7 Å². The summed E-state index contributed by atoms with van der Waals surface area (Å²) >= 11 is 0. The number of hydrogen-bond donors (Lipinski definition) is 2. The fourth-order valence-corrected chi connectivity index (χ4v) is 2.19. The largest absolute Gasteiger partial charge is 0.389 e. The van der Waals surface area contributed by atoms with Crippen LogP contribution in [0.2, 0.25) is 0 Å². The zero-order chi connectivity index (χ0) is 12.6. The molecule has 0 aliphatic carbocycles. The molecule has 94 valence electrons. The summed E-state index contributed by atoms with van der Waals surface area (Å²) in [5.41, 5.74) is 0.319. The number of aliphatic hydroxyl groups is 2. The van der Waals surface area contributed by atoms with Crippen LogP contribution in [0.3, 0.4) is 0 Å². The lowest BCUT2D eigenvalue weighted by molar-refractivity contribution is 0.0839. The fourth-order valence-electron chi connectivity index (χ4n) is 2.19. The molecule has 0 saturated carbocycles. The lowest BCUT2D eigenvalue weighted by atomic mass is 10.1. The van der Waals surface area contributed by atoms with E-state index in [2.05, 4.69) is 0 Å². The van der Waals surface area contributed by atoms with Crippen molar-refractivity contribution in [1.82, 2.24) is 0 Å². The molecule has 1 aliphatic heterocycles. The molecular formula is C13H18FNO2. The minimum atomic E-state index is -0.741. The van der Waals surface area contributed by atoms with Gasteiger partial charge in [0, 0.05) is 13.1 Å². The number of hydrogen-bond acceptors (Lipinski definition) is 3. The summed E-state index contributed by atoms with van der Waals surface area (Å²) in [7, 11) is 0. The molecule has 0 aromatic heterocycles. The molecule has 1 aromatic carbocycles. The van der Waals surface area contributed by atoms with Gasteiger partial charge in [-0.15, -0.1) is 0 Å². The first-order valence-electron chi connectivity index (χ1n) is 5.84. The smallest absolute Gasteiger partial charge is 0.146 e. The van der Waals surface area contributed by atoms with Crippen molar-refractivity contribution < 1.29 is 14.6 Å². The summed E-state index contributed by atoms with van der Waals surface area (Å²) in [6.07, 6.45) is -0.0230. The van der Waals surface area contributed by atoms with Gasteiger partial charge >= 0.3 is 0 Å². The van der Waals surface area contributed by atoms with E-state index in [9.17, 15) is 14.6 Å². The number of β-amino-alcohol motifs (C(OH)–C–C–N with tert-alkyl or cyclic N) is 1. The summed E-state index contributed by atoms with van der Waals surface area (Å²) in [4.78, 5) is 1.83. The van der Waals surface area contributed by atoms with Crippen LogP contribution in [0.25, 0.3) is 0 Å². The normalized spacial score (nSPS) is 26.3. The Hall–Kier alpha value is -1.13. The summed E-state index contributed by atoms with van der Waals surface area (Å²) < 4.78 is 13.9. The van der Waals surface area contributed by atoms with Crippen LogP contribution in [-0.4, -0.2) is 28.9 Å². The van der Waals surface area contributed by atoms with Gasteiger partial charge in [0.05, 0.1) is 17.4 Å². The molecule has 0 bridgehead atoms. The van der Waals surface area contributed by atoms with Gasteiger partial charge in [0.25, 0.3) is 0 Å². The second kappa shape index (κ2) is 4.27. The maximum absolute atomic E-state index is 13.9. The Morgan fingerprint density at radius 3 is 2.65 bits per heavy atom. The Labute approximate surface area is 100 Å². The van der Waals surface area contributed by atoms with Crippen molar-refractivity contribution in [1.29, 1.82) is 0 Å². The van der Waals surface area contributed by atoms with Crippen molar-refractivity contribution in [2.24, 2.45) is 0 Å². The average molecular weight is 239 g/mol. The maximum atomic E-state index is 13.9. The van der Waals surface area contributed by atoms with E-state index in [4.69, 9.17) is 0 Å². The highest BCUT2D eigenvalue weighted by molar-refractivity contribution is 5.50. The molecule has 2 N–H and O–H groups in total. The van der Waals surface area contributed by atoms with Gasteiger partial charge < -0.3 is 15.1 Å². The van der Waals surface area contributed by atoms with E-state index in [1.165, 1.54) is 6.07 Å². The van der Waals surface area contributed by atoms with E-state index in [0.717, 1.165) is 0 Å². The molecule has 0 radical (unpaired) electrons. The van der Waals surface area contributed by atoms with Crippen LogP contribution in [0.4, 0.5) is 10.1 Å². The topological polar surface area (TPSA) is 43.7 Å². The summed E-state index contributed by atoms with van der Waals surface area (Å²) in [5.74, 6) is -0.346. The number of anilines is 1. The van der Waals surface area contributed by atoms with Crippen LogP contribution in [0.1, 0.15) is 31.9 Å². The predicted octanol–water partition coefficient (Wildman–Crippen LogP) is 1.84. The second-order valence-electron chi connectivity index (χ2n) is 5.06. The van der Waals surface area contributed by atoms with Gasteiger partial charge in [0.2, 0.25) is 0 Å². The fraction of sp³-hybridized carbons (Fsp3) is 0.538. The van der Waals surface area contributed by atoms with Gasteiger partial charge in [0.15, 0.2) is 0 Å². The van der Waals surface area contributed by atoms with E-state index >= 15 is 0 Å². The van der Waals surface area contributed by atoms with Gasteiger partial charge in [-0.05, 0) is 38.0 Å². The number of rotatable bonds is 2. The zero-order valence-electron chi connectivity index (χ0n) is 10.2. The van der Waals surface area contributed by atoms with Crippen molar-refractivity contribution in [3.63, 3.8) is 0 Å². The minimum absolute atomic E-state index is 0.346. The van der Waals surface area contributed by atoms with Crippen LogP contribution in [0.5, 0.6) is 0 Å². The predicted molar refractivity (Wildman–Crippen MR) is 64.5 cm³/mol. The summed E-state index contributed by atoms with van der Waals surface area (Å²) in [6, 6.07) is 4.74. The molecule has 1 unspecified atom stereocenters. The third-order valence-corrected chi connectivity index (χ3v) is 3.25. The highest BCUT2D eigenvalue weighted by Gasteiger charge is 2.32. The molecule has 1 heterocycles. The van der Waals surface area contributed by atoms with E-state index in [0.29, 0.717) is 30.8 Å². The molecule has 1 fully saturated rings. The Balaban J connectivity index is 2.23. The highest BCUT2D eigenvalue weighted by atomic mass is 19.1. The first-order valence-corrected chi connectivity index (χ1v) is 5.84. The Morgan fingerprint density at radius 2 is 2.18 bits per heavy atom. The van der Waals surface area contributed by atoms with Crippen molar-refractivity contribution >= 4 is 5.69 Å². The SMILES string of the molecule is C[C@@H](O)c1ccc(N2CCC(C)(O)C2)c(F)c1. The first kappa shape index (κ1) is 12.3. The molecule has 2 rings (SSSR count). The molecular weight excluding hydrogens is 221 g/mol. The Bertz CT molecular complexity index is 418. The third-order valence-electron chi connectivity index (χ3n) is 3.25. The van der Waals surface area contributed by atoms with Gasteiger partial charge in [0.1, 0.15) is 5.82 Å². The summed E-state index contributed by atoms with van der Waals surface area (Å²) in [5, 5.41) is 19.2. The number of benzene rings is 1. The standard InChI is InChI=1S/C13H18FNO2/c1-9(16)10-3-4-12(11(14)7-10)15-6-5-13(2,17)8-15/h3-4,7,9,16-17H,5-6,8H2,1-2H3/t9-,13?/m1/s1. The molecule has 0 amide bonds. The van der Waals surface area contributed by atoms with Crippen molar-refractivity contribution in [2.75, 3.05) is 18.0 Å². The van der Waals surface area contributed by atoms with Gasteiger partial charge in [-0.3, -0.25) is 0 Å². The Morgan fingerprint density at radius 1 is 1.47 bits per heavy atom. The van der Waals surface area contributed by atoms with Crippen LogP contribution < -0.4 is 4.90 Å². The average Bonchev–Trinajstić information content (AvgIpc) is 2.58. The Kier molecular flexibility index (Phi) is 3.10. The van der Waals surface area contributed by atoms with E-state index in [-0.39, 0.29) is 5.82 Å². The van der Waals surface area contributed by atoms with Crippen LogP contribution in [-0.2, 0) is 0 Å². The molecule has 1 aliphatic rings. The van der Waals surface area contributed by atoms with Crippen LogP contribution >= 0.6 is 0 Å². The second-order valence-corrected chi connectivity index (χ2v) is 5.06. The van der Waals surface area contributed by atoms with Crippen molar-refractivity contribution in [3.05, 3.63) is 29.6 Å². The monoisotopic (exact) mass is 239 g/mol. The molecule has 0 spiro atoms. The summed E-state index contributed by atoms with van der Waals surface area (Å²) in [6.45, 7) is 4.46. The number of halogens is 1.